The van der Waals surface area contributed by atoms with E-state index in [4.69, 9.17) is 27.3 Å². The SMILES string of the molecule is CC(C)(C)c1ccnc(-c2[c-]cccc2)n1.[2H]C([2H])([2H])c1ccc2c(c1)oc1cc3c(nc12)oc1c(-c2nc4cc5occ(C([2H])([2H])C(C)(C)C)c5cc4n2-c2c(C(C)C)cc(-c4ccccc4)cc2C(C)C)[c-]ccc13.[Ir]. The van der Waals surface area contributed by atoms with Gasteiger partial charge in [-0.25, -0.2) is 4.98 Å². The van der Waals surface area contributed by atoms with Crippen molar-refractivity contribution in [2.24, 2.45) is 5.41 Å². The summed E-state index contributed by atoms with van der Waals surface area (Å²) in [5.74, 6) is 1.57. The van der Waals surface area contributed by atoms with Gasteiger partial charge < -0.3 is 17.8 Å². The van der Waals surface area contributed by atoms with Crippen LogP contribution in [0, 0.1) is 24.4 Å². The molecule has 8 nitrogen and oxygen atoms in total. The Labute approximate surface area is 447 Å². The van der Waals surface area contributed by atoms with Crippen molar-refractivity contribution in [2.45, 2.75) is 99.7 Å². The minimum Gasteiger partial charge on any atom is -0.486 e. The molecule has 0 spiro atoms. The van der Waals surface area contributed by atoms with E-state index >= 15 is 0 Å². The molecule has 369 valence electrons. The van der Waals surface area contributed by atoms with E-state index in [0.29, 0.717) is 66.8 Å². The summed E-state index contributed by atoms with van der Waals surface area (Å²) in [6, 6.07) is 45.9. The van der Waals surface area contributed by atoms with Crippen molar-refractivity contribution < 1.29 is 40.2 Å². The molecule has 0 aliphatic carbocycles. The molecule has 0 aliphatic rings. The Bertz CT molecular complexity index is 4190. The summed E-state index contributed by atoms with van der Waals surface area (Å²) in [6.07, 6.45) is 1.66. The molecule has 0 saturated heterocycles. The van der Waals surface area contributed by atoms with Crippen LogP contribution in [0.15, 0.2) is 147 Å². The standard InChI is InChI=1S/C50H44N3O3.C14H15N2.Ir/c1-27(2)36-20-31(30-13-10-9-11-14-30)21-37(28(3)4)46(36)53-41-22-38-32(25-50(6,7)8)26-54-42(38)24-40(41)51-48(53)35-16-12-15-33-39-23-44-45(52-49(39)56-47(33)35)34-18-17-29(5)19-43(34)55-44;1-14(2,3)12-9-10-15-13(16-12)11-7-5-4-6-8-11;/h9-15,17-24,26-28H,25H2,1-8H3;4-7,9-10H,1-3H3;/q2*-1;/i5D3,25D2;;. The maximum absolute atomic E-state index is 9.26. The second kappa shape index (κ2) is 19.0. The van der Waals surface area contributed by atoms with E-state index in [2.05, 4.69) is 112 Å². The van der Waals surface area contributed by atoms with E-state index in [0.717, 1.165) is 61.3 Å². The van der Waals surface area contributed by atoms with Crippen molar-refractivity contribution in [3.05, 3.63) is 174 Å². The minimum atomic E-state index is -2.27. The normalized spacial score (nSPS) is 13.6. The van der Waals surface area contributed by atoms with E-state index in [1.807, 2.05) is 93.7 Å². The Kier molecular flexibility index (Phi) is 11.3. The summed E-state index contributed by atoms with van der Waals surface area (Å²) < 4.78 is 63.5. The number of aryl methyl sites for hydroxylation is 1. The van der Waals surface area contributed by atoms with Crippen LogP contribution in [0.25, 0.3) is 106 Å². The average molecular weight is 1140 g/mol. The van der Waals surface area contributed by atoms with Crippen molar-refractivity contribution in [1.82, 2.24) is 24.5 Å². The molecule has 73 heavy (non-hydrogen) atoms. The zero-order valence-corrected chi connectivity index (χ0v) is 45.0. The summed E-state index contributed by atoms with van der Waals surface area (Å²) in [4.78, 5) is 19.2. The fourth-order valence-corrected chi connectivity index (χ4v) is 9.55. The predicted molar refractivity (Wildman–Crippen MR) is 294 cm³/mol. The van der Waals surface area contributed by atoms with Crippen LogP contribution in [0.2, 0.25) is 0 Å². The molecule has 0 bridgehead atoms. The van der Waals surface area contributed by atoms with E-state index in [1.165, 1.54) is 0 Å². The van der Waals surface area contributed by atoms with Gasteiger partial charge in [-0.2, -0.15) is 0 Å². The molecule has 6 heterocycles. The Hall–Kier alpha value is -7.19. The maximum atomic E-state index is 9.26. The smallest absolute Gasteiger partial charge is 0.216 e. The molecule has 6 aromatic carbocycles. The van der Waals surface area contributed by atoms with Gasteiger partial charge >= 0.3 is 0 Å². The number of hydrogen-bond donors (Lipinski definition) is 0. The Morgan fingerprint density at radius 3 is 2.15 bits per heavy atom. The third-order valence-corrected chi connectivity index (χ3v) is 13.0. The van der Waals surface area contributed by atoms with Gasteiger partial charge in [0.2, 0.25) is 5.71 Å². The number of nitrogens with zero attached hydrogens (tertiary/aromatic N) is 5. The number of rotatable bonds is 7. The van der Waals surface area contributed by atoms with Crippen molar-refractivity contribution in [1.29, 1.82) is 0 Å². The number of furan rings is 3. The number of benzene rings is 6. The van der Waals surface area contributed by atoms with Crippen LogP contribution in [0.3, 0.4) is 0 Å². The van der Waals surface area contributed by atoms with E-state index < -0.39 is 18.6 Å². The van der Waals surface area contributed by atoms with Gasteiger partial charge in [0.1, 0.15) is 16.7 Å². The van der Waals surface area contributed by atoms with E-state index in [9.17, 15) is 2.74 Å². The summed E-state index contributed by atoms with van der Waals surface area (Å²) in [6.45, 7) is 18.7. The molecule has 9 heteroatoms. The van der Waals surface area contributed by atoms with Gasteiger partial charge in [0.15, 0.2) is 5.58 Å². The Balaban J connectivity index is 0.000000347. The molecule has 0 fully saturated rings. The van der Waals surface area contributed by atoms with Crippen LogP contribution in [0.5, 0.6) is 0 Å². The van der Waals surface area contributed by atoms with Gasteiger partial charge in [-0.15, -0.1) is 54.1 Å². The monoisotopic (exact) mass is 1140 g/mol. The van der Waals surface area contributed by atoms with Gasteiger partial charge in [0.25, 0.3) is 0 Å². The first-order valence-corrected chi connectivity index (χ1v) is 24.6. The third kappa shape index (κ3) is 9.30. The fraction of sp³-hybridized carbons (Fsp3) is 0.250. The quantitative estimate of drug-likeness (QED) is 0.147. The van der Waals surface area contributed by atoms with E-state index in [1.54, 1.807) is 24.5 Å². The van der Waals surface area contributed by atoms with Crippen LogP contribution in [0.1, 0.15) is 116 Å². The van der Waals surface area contributed by atoms with Crippen LogP contribution in [-0.4, -0.2) is 24.5 Å². The van der Waals surface area contributed by atoms with E-state index in [-0.39, 0.29) is 42.9 Å². The van der Waals surface area contributed by atoms with Gasteiger partial charge in [-0.3, -0.25) is 15.0 Å². The van der Waals surface area contributed by atoms with Crippen LogP contribution < -0.4 is 0 Å². The first-order valence-electron chi connectivity index (χ1n) is 27.1. The number of fused-ring (bicyclic) bond motifs is 8. The van der Waals surface area contributed by atoms with Gasteiger partial charge in [0, 0.05) is 72.2 Å². The molecular formula is C64H59IrN5O3-2. The second-order valence-corrected chi connectivity index (χ2v) is 21.3. The number of aromatic nitrogens is 5. The second-order valence-electron chi connectivity index (χ2n) is 21.3. The first-order chi connectivity index (χ1) is 36.5. The summed E-state index contributed by atoms with van der Waals surface area (Å²) in [5, 5.41) is 2.91. The van der Waals surface area contributed by atoms with Crippen LogP contribution in [0.4, 0.5) is 0 Å². The third-order valence-electron chi connectivity index (χ3n) is 13.0. The maximum Gasteiger partial charge on any atom is 0.216 e. The van der Waals surface area contributed by atoms with Crippen molar-refractivity contribution in [2.75, 3.05) is 0 Å². The number of hydrogen-bond acceptors (Lipinski definition) is 7. The van der Waals surface area contributed by atoms with Crippen molar-refractivity contribution in [3.63, 3.8) is 0 Å². The van der Waals surface area contributed by atoms with Gasteiger partial charge in [-0.05, 0) is 106 Å². The molecule has 12 rings (SSSR count). The minimum absolute atomic E-state index is 0. The molecule has 0 N–H and O–H groups in total. The van der Waals surface area contributed by atoms with Crippen LogP contribution in [-0.2, 0) is 31.9 Å². The summed E-state index contributed by atoms with van der Waals surface area (Å²) in [5.41, 5.74) is 12.7. The molecule has 0 amide bonds. The Morgan fingerprint density at radius 1 is 0.685 bits per heavy atom. The average Bonchev–Trinajstić information content (AvgIpc) is 4.33. The van der Waals surface area contributed by atoms with Crippen LogP contribution >= 0.6 is 0 Å². The molecule has 1 radical (unpaired) electrons. The molecule has 0 unspecified atom stereocenters. The van der Waals surface area contributed by atoms with Gasteiger partial charge in [-0.1, -0.05) is 117 Å². The largest absolute Gasteiger partial charge is 0.486 e. The van der Waals surface area contributed by atoms with Gasteiger partial charge in [0.05, 0.1) is 34.5 Å². The molecule has 12 aromatic rings. The fourth-order valence-electron chi connectivity index (χ4n) is 9.55. The topological polar surface area (TPSA) is 95.9 Å². The summed E-state index contributed by atoms with van der Waals surface area (Å²) >= 11 is 0. The Morgan fingerprint density at radius 2 is 1.45 bits per heavy atom. The first kappa shape index (κ1) is 43.4. The molecule has 0 atom stereocenters. The number of pyridine rings is 1. The predicted octanol–water partition coefficient (Wildman–Crippen LogP) is 17.5. The zero-order valence-electron chi connectivity index (χ0n) is 47.7. The number of imidazole rings is 1. The zero-order chi connectivity index (χ0) is 54.5. The molecule has 0 aliphatic heterocycles. The molecule has 6 aromatic heterocycles. The molecule has 0 saturated carbocycles. The molecular weight excluding hydrogens is 1080 g/mol. The summed E-state index contributed by atoms with van der Waals surface area (Å²) in [7, 11) is 0. The van der Waals surface area contributed by atoms with Crippen molar-refractivity contribution >= 4 is 66.1 Å². The van der Waals surface area contributed by atoms with Crippen molar-refractivity contribution in [3.8, 4) is 39.6 Å².